The lowest BCUT2D eigenvalue weighted by atomic mass is 10.3. The highest BCUT2D eigenvalue weighted by Crippen LogP contribution is 2.18. The van der Waals surface area contributed by atoms with Crippen LogP contribution >= 0.6 is 22.9 Å². The number of anilines is 1. The van der Waals surface area contributed by atoms with Gasteiger partial charge in [0.25, 0.3) is 5.56 Å². The first kappa shape index (κ1) is 14.3. The largest absolute Gasteiger partial charge is 0.465 e. The van der Waals surface area contributed by atoms with Gasteiger partial charge in [0, 0.05) is 16.8 Å². The van der Waals surface area contributed by atoms with Gasteiger partial charge in [-0.3, -0.25) is 9.36 Å². The minimum absolute atomic E-state index is 0.0520. The minimum atomic E-state index is -0.0520. The molecule has 0 fully saturated rings. The van der Waals surface area contributed by atoms with Crippen LogP contribution in [-0.2, 0) is 6.67 Å². The van der Waals surface area contributed by atoms with Gasteiger partial charge in [0.1, 0.15) is 19.1 Å². The molecular weight excluding hydrogens is 334 g/mol. The maximum Gasteiger partial charge on any atom is 0.271 e. The van der Waals surface area contributed by atoms with Crippen LogP contribution in [0.2, 0.25) is 5.02 Å². The van der Waals surface area contributed by atoms with E-state index in [1.54, 1.807) is 23.0 Å². The van der Waals surface area contributed by atoms with E-state index in [0.717, 1.165) is 10.5 Å². The van der Waals surface area contributed by atoms with Gasteiger partial charge in [-0.05, 0) is 36.4 Å². The van der Waals surface area contributed by atoms with E-state index < -0.39 is 0 Å². The Morgan fingerprint density at radius 1 is 1.26 bits per heavy atom. The quantitative estimate of drug-likeness (QED) is 0.714. The van der Waals surface area contributed by atoms with Crippen LogP contribution in [0.25, 0.3) is 6.08 Å². The maximum absolute atomic E-state index is 12.6. The molecule has 0 saturated carbocycles. The summed E-state index contributed by atoms with van der Waals surface area (Å²) in [6.07, 6.45) is 3.34. The van der Waals surface area contributed by atoms with Gasteiger partial charge in [-0.15, -0.1) is 0 Å². The van der Waals surface area contributed by atoms with E-state index in [-0.39, 0.29) is 5.56 Å². The van der Waals surface area contributed by atoms with Gasteiger partial charge in [-0.1, -0.05) is 22.9 Å². The molecule has 116 valence electrons. The third-order valence-electron chi connectivity index (χ3n) is 3.59. The molecule has 7 heteroatoms. The molecule has 0 saturated heterocycles. The summed E-state index contributed by atoms with van der Waals surface area (Å²) in [5.41, 5.74) is 0.933. The summed E-state index contributed by atoms with van der Waals surface area (Å²) in [5, 5.41) is 0.687. The van der Waals surface area contributed by atoms with Gasteiger partial charge in [-0.25, -0.2) is 4.99 Å². The van der Waals surface area contributed by atoms with Crippen LogP contribution in [0.3, 0.4) is 0 Å². The van der Waals surface area contributed by atoms with E-state index in [4.69, 9.17) is 16.0 Å². The van der Waals surface area contributed by atoms with Crippen molar-refractivity contribution in [3.05, 3.63) is 73.1 Å². The Morgan fingerprint density at radius 2 is 2.09 bits per heavy atom. The van der Waals surface area contributed by atoms with Crippen LogP contribution in [-0.4, -0.2) is 11.2 Å². The van der Waals surface area contributed by atoms with Gasteiger partial charge in [0.05, 0.1) is 10.8 Å². The highest BCUT2D eigenvalue weighted by Gasteiger charge is 2.16. The number of rotatable bonds is 2. The zero-order chi connectivity index (χ0) is 15.8. The summed E-state index contributed by atoms with van der Waals surface area (Å²) < 4.78 is 7.58. The summed E-state index contributed by atoms with van der Waals surface area (Å²) in [6.45, 7) is 0.990. The monoisotopic (exact) mass is 345 g/mol. The predicted octanol–water partition coefficient (Wildman–Crippen LogP) is 2.04. The fourth-order valence-electron chi connectivity index (χ4n) is 2.43. The molecule has 1 aliphatic heterocycles. The summed E-state index contributed by atoms with van der Waals surface area (Å²) in [6, 6.07) is 11.1. The van der Waals surface area contributed by atoms with Crippen LogP contribution < -0.4 is 19.8 Å². The first-order valence-electron chi connectivity index (χ1n) is 7.00. The molecule has 3 heterocycles. The van der Waals surface area contributed by atoms with E-state index in [1.807, 2.05) is 35.2 Å². The molecule has 0 unspecified atom stereocenters. The van der Waals surface area contributed by atoms with Gasteiger partial charge in [0.2, 0.25) is 0 Å². The Bertz CT molecular complexity index is 1000. The molecule has 2 aromatic heterocycles. The van der Waals surface area contributed by atoms with Crippen molar-refractivity contribution in [2.45, 2.75) is 6.67 Å². The molecule has 0 spiro atoms. The third kappa shape index (κ3) is 2.71. The van der Waals surface area contributed by atoms with Crippen molar-refractivity contribution in [1.82, 2.24) is 4.57 Å². The number of thiazole rings is 1. The molecule has 23 heavy (non-hydrogen) atoms. The molecule has 1 aliphatic rings. The van der Waals surface area contributed by atoms with E-state index in [1.165, 1.54) is 11.3 Å². The second-order valence-electron chi connectivity index (χ2n) is 5.10. The number of benzene rings is 1. The second-order valence-corrected chi connectivity index (χ2v) is 6.54. The lowest BCUT2D eigenvalue weighted by Gasteiger charge is -2.25. The van der Waals surface area contributed by atoms with Crippen LogP contribution in [0.4, 0.5) is 5.69 Å². The van der Waals surface area contributed by atoms with Crippen molar-refractivity contribution in [1.29, 1.82) is 0 Å². The Hall–Kier alpha value is -2.31. The number of aromatic nitrogens is 1. The lowest BCUT2D eigenvalue weighted by molar-refractivity contribution is 0.556. The molecule has 0 aliphatic carbocycles. The molecule has 0 N–H and O–H groups in total. The lowest BCUT2D eigenvalue weighted by Crippen LogP contribution is -2.42. The Kier molecular flexibility index (Phi) is 3.55. The summed E-state index contributed by atoms with van der Waals surface area (Å²) in [7, 11) is 0. The molecule has 1 aromatic carbocycles. The maximum atomic E-state index is 12.6. The Balaban J connectivity index is 1.72. The summed E-state index contributed by atoms with van der Waals surface area (Å²) in [5.74, 6) is 0.663. The number of nitrogens with zero attached hydrogens (tertiary/aromatic N) is 3. The smallest absolute Gasteiger partial charge is 0.271 e. The summed E-state index contributed by atoms with van der Waals surface area (Å²) >= 11 is 7.30. The van der Waals surface area contributed by atoms with Crippen LogP contribution in [0, 0.1) is 0 Å². The number of furan rings is 1. The normalized spacial score (nSPS) is 14.7. The third-order valence-corrected chi connectivity index (χ3v) is 4.88. The van der Waals surface area contributed by atoms with E-state index in [0.29, 0.717) is 28.7 Å². The van der Waals surface area contributed by atoms with Gasteiger partial charge < -0.3 is 9.32 Å². The number of hydrogen-bond acceptors (Lipinski definition) is 5. The molecule has 0 radical (unpaired) electrons. The fourth-order valence-corrected chi connectivity index (χ4v) is 3.50. The van der Waals surface area contributed by atoms with Crippen LogP contribution in [0.1, 0.15) is 5.76 Å². The van der Waals surface area contributed by atoms with Crippen LogP contribution in [0.5, 0.6) is 0 Å². The highest BCUT2D eigenvalue weighted by molar-refractivity contribution is 7.07. The standard InChI is InChI=1S/C16H12ClN3O2S/c17-11-3-5-12(6-4-11)19-9-18-16-20(10-19)15(21)14(23-16)8-13-2-1-7-22-13/h1-8H,9-10H2. The van der Waals surface area contributed by atoms with E-state index >= 15 is 0 Å². The summed E-state index contributed by atoms with van der Waals surface area (Å²) in [4.78, 5) is 19.8. The van der Waals surface area contributed by atoms with Crippen molar-refractivity contribution < 1.29 is 4.42 Å². The van der Waals surface area contributed by atoms with Gasteiger partial charge in [-0.2, -0.15) is 0 Å². The zero-order valence-corrected chi connectivity index (χ0v) is 13.5. The Labute approximate surface area is 140 Å². The molecule has 0 atom stereocenters. The molecule has 0 amide bonds. The SMILES string of the molecule is O=c1c(=Cc2ccco2)sc2n1CN(c1ccc(Cl)cc1)CN=2. The van der Waals surface area contributed by atoms with Gasteiger partial charge >= 0.3 is 0 Å². The molecule has 3 aromatic rings. The molecule has 4 rings (SSSR count). The van der Waals surface area contributed by atoms with Crippen molar-refractivity contribution in [3.63, 3.8) is 0 Å². The highest BCUT2D eigenvalue weighted by atomic mass is 35.5. The van der Waals surface area contributed by atoms with E-state index in [2.05, 4.69) is 4.99 Å². The van der Waals surface area contributed by atoms with Crippen LogP contribution in [0.15, 0.2) is 56.9 Å². The minimum Gasteiger partial charge on any atom is -0.465 e. The first-order chi connectivity index (χ1) is 11.2. The number of fused-ring (bicyclic) bond motifs is 1. The fraction of sp³-hybridized carbons (Fsp3) is 0.125. The van der Waals surface area contributed by atoms with Gasteiger partial charge in [0.15, 0.2) is 4.80 Å². The Morgan fingerprint density at radius 3 is 2.83 bits per heavy atom. The topological polar surface area (TPSA) is 50.7 Å². The van der Waals surface area contributed by atoms with E-state index in [9.17, 15) is 4.79 Å². The first-order valence-corrected chi connectivity index (χ1v) is 8.20. The molecule has 0 bridgehead atoms. The van der Waals surface area contributed by atoms with Crippen molar-refractivity contribution >= 4 is 34.7 Å². The zero-order valence-electron chi connectivity index (χ0n) is 12.0. The van der Waals surface area contributed by atoms with Crippen molar-refractivity contribution in [2.75, 3.05) is 11.6 Å². The van der Waals surface area contributed by atoms with Crippen molar-refractivity contribution in [2.24, 2.45) is 4.99 Å². The molecule has 5 nitrogen and oxygen atoms in total. The second kappa shape index (κ2) is 5.72. The number of hydrogen-bond donors (Lipinski definition) is 0. The average Bonchev–Trinajstić information content (AvgIpc) is 3.17. The average molecular weight is 346 g/mol. The predicted molar refractivity (Wildman–Crippen MR) is 90.4 cm³/mol. The molecular formula is C16H12ClN3O2S. The van der Waals surface area contributed by atoms with Crippen molar-refractivity contribution in [3.8, 4) is 0 Å². The number of halogens is 1.